The number of nitrogen functional groups attached to an aromatic ring is 1. The molecule has 0 bridgehead atoms. The summed E-state index contributed by atoms with van der Waals surface area (Å²) in [5.74, 6) is -0.941. The highest BCUT2D eigenvalue weighted by Gasteiger charge is 2.19. The van der Waals surface area contributed by atoms with Gasteiger partial charge in [0.2, 0.25) is 0 Å². The van der Waals surface area contributed by atoms with Gasteiger partial charge >= 0.3 is 5.97 Å². The lowest BCUT2D eigenvalue weighted by Gasteiger charge is -2.32. The van der Waals surface area contributed by atoms with Crippen LogP contribution in [0.2, 0.25) is 0 Å². The van der Waals surface area contributed by atoms with Gasteiger partial charge in [0.25, 0.3) is 0 Å². The molecule has 0 spiro atoms. The number of carbonyl (C=O) groups is 1. The molecule has 1 aromatic rings. The molecule has 5 heteroatoms. The van der Waals surface area contributed by atoms with E-state index in [0.717, 1.165) is 25.5 Å². The molecule has 1 aliphatic heterocycles. The average molecular weight is 280 g/mol. The summed E-state index contributed by atoms with van der Waals surface area (Å²) in [6.45, 7) is 1.47. The molecule has 0 radical (unpaired) electrons. The maximum Gasteiger partial charge on any atom is 0.340 e. The van der Waals surface area contributed by atoms with Crippen molar-refractivity contribution in [2.24, 2.45) is 0 Å². The molecule has 1 atom stereocenters. The van der Waals surface area contributed by atoms with E-state index in [-0.39, 0.29) is 11.3 Å². The molecule has 1 heterocycles. The van der Waals surface area contributed by atoms with E-state index in [2.05, 4.69) is 11.9 Å². The van der Waals surface area contributed by atoms with Crippen molar-refractivity contribution in [2.45, 2.75) is 31.7 Å². The summed E-state index contributed by atoms with van der Waals surface area (Å²) in [5, 5.41) is 0. The van der Waals surface area contributed by atoms with Gasteiger partial charge in [-0.25, -0.2) is 9.18 Å². The molecular weight excluding hydrogens is 259 g/mol. The molecule has 0 aliphatic carbocycles. The molecular formula is C15H21FN2O2. The van der Waals surface area contributed by atoms with E-state index in [4.69, 9.17) is 10.5 Å². The van der Waals surface area contributed by atoms with Crippen molar-refractivity contribution in [2.75, 3.05) is 25.9 Å². The molecule has 2 N–H and O–H groups in total. The van der Waals surface area contributed by atoms with Gasteiger partial charge in [-0.15, -0.1) is 0 Å². The first kappa shape index (κ1) is 14.8. The Bertz CT molecular complexity index is 479. The zero-order valence-electron chi connectivity index (χ0n) is 11.8. The van der Waals surface area contributed by atoms with Crippen LogP contribution in [0.1, 0.15) is 36.0 Å². The summed E-state index contributed by atoms with van der Waals surface area (Å²) in [6, 6.07) is 4.18. The van der Waals surface area contributed by atoms with Crippen molar-refractivity contribution in [1.82, 2.24) is 4.90 Å². The highest BCUT2D eigenvalue weighted by Crippen LogP contribution is 2.19. The van der Waals surface area contributed by atoms with Crippen molar-refractivity contribution in [3.8, 4) is 0 Å². The highest BCUT2D eigenvalue weighted by molar-refractivity contribution is 5.94. The quantitative estimate of drug-likeness (QED) is 0.680. The number of likely N-dealkylation sites (tertiary alicyclic amines) is 1. The van der Waals surface area contributed by atoms with E-state index in [1.807, 2.05) is 0 Å². The van der Waals surface area contributed by atoms with Gasteiger partial charge in [-0.05, 0) is 51.1 Å². The number of halogens is 1. The first-order chi connectivity index (χ1) is 9.58. The number of anilines is 1. The second-order valence-electron chi connectivity index (χ2n) is 5.29. The van der Waals surface area contributed by atoms with Crippen LogP contribution in [0.25, 0.3) is 0 Å². The van der Waals surface area contributed by atoms with Gasteiger partial charge in [-0.2, -0.15) is 0 Å². The lowest BCUT2D eigenvalue weighted by atomic mass is 10.0. The SMILES string of the molecule is CN1CCCCC1CCOC(=O)c1ccc(F)cc1N. The van der Waals surface area contributed by atoms with Crippen molar-refractivity contribution in [3.63, 3.8) is 0 Å². The minimum atomic E-state index is -0.485. The Morgan fingerprint density at radius 3 is 3.00 bits per heavy atom. The van der Waals surface area contributed by atoms with Gasteiger partial charge < -0.3 is 15.4 Å². The third-order valence-corrected chi connectivity index (χ3v) is 3.84. The summed E-state index contributed by atoms with van der Waals surface area (Å²) in [4.78, 5) is 14.2. The molecule has 0 amide bonds. The van der Waals surface area contributed by atoms with Crippen LogP contribution in [0.15, 0.2) is 18.2 Å². The fourth-order valence-corrected chi connectivity index (χ4v) is 2.59. The van der Waals surface area contributed by atoms with Crippen molar-refractivity contribution >= 4 is 11.7 Å². The number of nitrogens with zero attached hydrogens (tertiary/aromatic N) is 1. The van der Waals surface area contributed by atoms with Crippen LogP contribution in [-0.2, 0) is 4.74 Å². The molecule has 1 fully saturated rings. The monoisotopic (exact) mass is 280 g/mol. The highest BCUT2D eigenvalue weighted by atomic mass is 19.1. The number of nitrogens with two attached hydrogens (primary N) is 1. The second kappa shape index (κ2) is 6.70. The van der Waals surface area contributed by atoms with Gasteiger partial charge in [0.15, 0.2) is 0 Å². The number of benzene rings is 1. The lowest BCUT2D eigenvalue weighted by Crippen LogP contribution is -2.37. The van der Waals surface area contributed by atoms with E-state index >= 15 is 0 Å². The van der Waals surface area contributed by atoms with Crippen LogP contribution in [0.4, 0.5) is 10.1 Å². The van der Waals surface area contributed by atoms with Crippen molar-refractivity contribution in [3.05, 3.63) is 29.6 Å². The van der Waals surface area contributed by atoms with Crippen LogP contribution in [0.3, 0.4) is 0 Å². The Hall–Kier alpha value is -1.62. The second-order valence-corrected chi connectivity index (χ2v) is 5.29. The van der Waals surface area contributed by atoms with Crippen molar-refractivity contribution < 1.29 is 13.9 Å². The number of rotatable bonds is 4. The maximum atomic E-state index is 12.9. The number of piperidine rings is 1. The standard InChI is InChI=1S/C15H21FN2O2/c1-18-8-3-2-4-12(18)7-9-20-15(19)13-6-5-11(16)10-14(13)17/h5-6,10,12H,2-4,7-9,17H2,1H3. The molecule has 1 aromatic carbocycles. The Kier molecular flexibility index (Phi) is 4.95. The van der Waals surface area contributed by atoms with Gasteiger partial charge in [0.1, 0.15) is 5.82 Å². The molecule has 1 saturated heterocycles. The molecule has 20 heavy (non-hydrogen) atoms. The number of ether oxygens (including phenoxy) is 1. The minimum Gasteiger partial charge on any atom is -0.462 e. The maximum absolute atomic E-state index is 12.9. The molecule has 0 aromatic heterocycles. The van der Waals surface area contributed by atoms with Gasteiger partial charge in [-0.3, -0.25) is 0 Å². The van der Waals surface area contributed by atoms with Crippen LogP contribution < -0.4 is 5.73 Å². The van der Waals surface area contributed by atoms with Crippen LogP contribution in [-0.4, -0.2) is 37.1 Å². The Labute approximate surface area is 118 Å². The zero-order valence-corrected chi connectivity index (χ0v) is 11.8. The minimum absolute atomic E-state index is 0.116. The number of hydrogen-bond acceptors (Lipinski definition) is 4. The van der Waals surface area contributed by atoms with Gasteiger partial charge in [0.05, 0.1) is 12.2 Å². The Balaban J connectivity index is 1.83. The molecule has 1 unspecified atom stereocenters. The van der Waals surface area contributed by atoms with Crippen LogP contribution in [0.5, 0.6) is 0 Å². The molecule has 4 nitrogen and oxygen atoms in total. The van der Waals surface area contributed by atoms with E-state index in [9.17, 15) is 9.18 Å². The summed E-state index contributed by atoms with van der Waals surface area (Å²) >= 11 is 0. The van der Waals surface area contributed by atoms with E-state index in [0.29, 0.717) is 12.6 Å². The Morgan fingerprint density at radius 2 is 2.30 bits per heavy atom. The van der Waals surface area contributed by atoms with E-state index in [1.165, 1.54) is 25.0 Å². The van der Waals surface area contributed by atoms with Crippen LogP contribution >= 0.6 is 0 Å². The van der Waals surface area contributed by atoms with Crippen LogP contribution in [0, 0.1) is 5.82 Å². The summed E-state index contributed by atoms with van der Waals surface area (Å²) in [7, 11) is 2.10. The summed E-state index contributed by atoms with van der Waals surface area (Å²) in [5.41, 5.74) is 5.95. The van der Waals surface area contributed by atoms with Gasteiger partial charge in [0, 0.05) is 11.7 Å². The molecule has 0 saturated carbocycles. The smallest absolute Gasteiger partial charge is 0.340 e. The predicted octanol–water partition coefficient (Wildman–Crippen LogP) is 2.44. The Morgan fingerprint density at radius 1 is 1.50 bits per heavy atom. The lowest BCUT2D eigenvalue weighted by molar-refractivity contribution is 0.0451. The fourth-order valence-electron chi connectivity index (χ4n) is 2.59. The van der Waals surface area contributed by atoms with Gasteiger partial charge in [-0.1, -0.05) is 6.42 Å². The zero-order chi connectivity index (χ0) is 14.5. The third kappa shape index (κ3) is 3.70. The topological polar surface area (TPSA) is 55.6 Å². The molecule has 110 valence electrons. The summed E-state index contributed by atoms with van der Waals surface area (Å²) < 4.78 is 18.1. The number of esters is 1. The largest absolute Gasteiger partial charge is 0.462 e. The first-order valence-corrected chi connectivity index (χ1v) is 7.00. The fraction of sp³-hybridized carbons (Fsp3) is 0.533. The third-order valence-electron chi connectivity index (χ3n) is 3.84. The predicted molar refractivity (Wildman–Crippen MR) is 76.0 cm³/mol. The van der Waals surface area contributed by atoms with E-state index in [1.54, 1.807) is 0 Å². The number of hydrogen-bond donors (Lipinski definition) is 1. The van der Waals surface area contributed by atoms with E-state index < -0.39 is 11.8 Å². The molecule has 1 aliphatic rings. The van der Waals surface area contributed by atoms with Crippen molar-refractivity contribution in [1.29, 1.82) is 0 Å². The first-order valence-electron chi connectivity index (χ1n) is 7.00. The summed E-state index contributed by atoms with van der Waals surface area (Å²) in [6.07, 6.45) is 4.43. The number of carbonyl (C=O) groups excluding carboxylic acids is 1. The average Bonchev–Trinajstić information content (AvgIpc) is 2.40. The normalized spacial score (nSPS) is 19.8. The molecule has 2 rings (SSSR count).